The first kappa shape index (κ1) is 13.4. The van der Waals surface area contributed by atoms with Gasteiger partial charge in [-0.2, -0.15) is 0 Å². The second-order valence-corrected chi connectivity index (χ2v) is 8.47. The zero-order valence-corrected chi connectivity index (χ0v) is 12.7. The van der Waals surface area contributed by atoms with Gasteiger partial charge in [0.1, 0.15) is 5.84 Å². The van der Waals surface area contributed by atoms with Crippen LogP contribution in [0.2, 0.25) is 0 Å². The SMILES string of the molecule is CC(C)(C)N=C(CC12CC3CC(CC(C3)C1)C2)NN. The van der Waals surface area contributed by atoms with Gasteiger partial charge >= 0.3 is 0 Å². The van der Waals surface area contributed by atoms with Gasteiger partial charge in [0.25, 0.3) is 0 Å². The molecule has 0 aromatic heterocycles. The quantitative estimate of drug-likeness (QED) is 0.348. The summed E-state index contributed by atoms with van der Waals surface area (Å²) >= 11 is 0. The molecule has 0 heterocycles. The topological polar surface area (TPSA) is 50.4 Å². The van der Waals surface area contributed by atoms with E-state index in [2.05, 4.69) is 26.2 Å². The first-order chi connectivity index (χ1) is 8.87. The third kappa shape index (κ3) is 2.81. The van der Waals surface area contributed by atoms with E-state index in [0.29, 0.717) is 5.41 Å². The highest BCUT2D eigenvalue weighted by Gasteiger charge is 2.51. The fourth-order valence-electron chi connectivity index (χ4n) is 5.39. The molecule has 3 heteroatoms. The van der Waals surface area contributed by atoms with E-state index in [1.807, 2.05) is 0 Å². The van der Waals surface area contributed by atoms with Gasteiger partial charge in [0, 0.05) is 6.42 Å². The Morgan fingerprint density at radius 3 is 1.95 bits per heavy atom. The molecule has 0 unspecified atom stereocenters. The molecule has 0 atom stereocenters. The van der Waals surface area contributed by atoms with Gasteiger partial charge in [-0.3, -0.25) is 4.99 Å². The Kier molecular flexibility index (Phi) is 3.16. The Morgan fingerprint density at radius 1 is 1.11 bits per heavy atom. The number of amidine groups is 1. The van der Waals surface area contributed by atoms with Crippen LogP contribution in [-0.4, -0.2) is 11.4 Å². The van der Waals surface area contributed by atoms with Crippen LogP contribution in [0.5, 0.6) is 0 Å². The molecule has 0 saturated heterocycles. The van der Waals surface area contributed by atoms with Crippen LogP contribution >= 0.6 is 0 Å². The number of nitrogens with two attached hydrogens (primary N) is 1. The lowest BCUT2D eigenvalue weighted by atomic mass is 9.49. The molecule has 0 spiro atoms. The molecule has 0 aromatic rings. The zero-order chi connectivity index (χ0) is 13.7. The molecule has 0 aromatic carbocycles. The molecule has 4 aliphatic carbocycles. The second-order valence-electron chi connectivity index (χ2n) is 8.47. The molecule has 0 amide bonds. The van der Waals surface area contributed by atoms with Gasteiger partial charge in [0.05, 0.1) is 5.54 Å². The lowest BCUT2D eigenvalue weighted by Gasteiger charge is -2.57. The smallest absolute Gasteiger partial charge is 0.111 e. The molecular weight excluding hydrogens is 234 g/mol. The molecule has 0 aliphatic heterocycles. The monoisotopic (exact) mass is 263 g/mol. The van der Waals surface area contributed by atoms with Crippen molar-refractivity contribution in [3.63, 3.8) is 0 Å². The summed E-state index contributed by atoms with van der Waals surface area (Å²) in [6.07, 6.45) is 9.84. The van der Waals surface area contributed by atoms with Gasteiger partial charge in [0.2, 0.25) is 0 Å². The minimum atomic E-state index is -0.0377. The van der Waals surface area contributed by atoms with E-state index in [-0.39, 0.29) is 5.54 Å². The van der Waals surface area contributed by atoms with Crippen LogP contribution in [0.25, 0.3) is 0 Å². The average molecular weight is 263 g/mol. The van der Waals surface area contributed by atoms with Gasteiger partial charge in [-0.25, -0.2) is 5.84 Å². The van der Waals surface area contributed by atoms with Crippen molar-refractivity contribution in [2.45, 2.75) is 71.3 Å². The maximum atomic E-state index is 5.73. The molecule has 4 bridgehead atoms. The van der Waals surface area contributed by atoms with E-state index in [9.17, 15) is 0 Å². The van der Waals surface area contributed by atoms with Crippen molar-refractivity contribution in [3.8, 4) is 0 Å². The predicted octanol–water partition coefficient (Wildman–Crippen LogP) is 3.25. The summed E-state index contributed by atoms with van der Waals surface area (Å²) in [6, 6.07) is 0. The van der Waals surface area contributed by atoms with Gasteiger partial charge < -0.3 is 5.43 Å². The maximum absolute atomic E-state index is 5.73. The van der Waals surface area contributed by atoms with Gasteiger partial charge in [-0.1, -0.05) is 0 Å². The zero-order valence-electron chi connectivity index (χ0n) is 12.7. The summed E-state index contributed by atoms with van der Waals surface area (Å²) in [5.74, 6) is 9.75. The standard InChI is InChI=1S/C16H29N3/c1-15(2,3)18-14(19-17)10-16-7-11-4-12(8-16)6-13(5-11)9-16/h11-13H,4-10,17H2,1-3H3,(H,18,19). The Bertz CT molecular complexity index is 343. The maximum Gasteiger partial charge on any atom is 0.111 e. The summed E-state index contributed by atoms with van der Waals surface area (Å²) < 4.78 is 0. The van der Waals surface area contributed by atoms with Gasteiger partial charge in [0.15, 0.2) is 0 Å². The molecule has 4 rings (SSSR count). The van der Waals surface area contributed by atoms with Crippen molar-refractivity contribution in [1.82, 2.24) is 5.43 Å². The van der Waals surface area contributed by atoms with Crippen LogP contribution in [0.3, 0.4) is 0 Å². The van der Waals surface area contributed by atoms with E-state index < -0.39 is 0 Å². The molecule has 4 aliphatic rings. The molecule has 4 saturated carbocycles. The van der Waals surface area contributed by atoms with E-state index >= 15 is 0 Å². The third-order valence-electron chi connectivity index (χ3n) is 5.34. The number of hydrogen-bond donors (Lipinski definition) is 2. The lowest BCUT2D eigenvalue weighted by molar-refractivity contribution is -0.0485. The minimum absolute atomic E-state index is 0.0377. The van der Waals surface area contributed by atoms with Crippen molar-refractivity contribution in [3.05, 3.63) is 0 Å². The van der Waals surface area contributed by atoms with Crippen LogP contribution in [-0.2, 0) is 0 Å². The third-order valence-corrected chi connectivity index (χ3v) is 5.34. The van der Waals surface area contributed by atoms with Crippen molar-refractivity contribution < 1.29 is 0 Å². The molecule has 0 radical (unpaired) electrons. The van der Waals surface area contributed by atoms with Crippen LogP contribution in [0.4, 0.5) is 0 Å². The van der Waals surface area contributed by atoms with Crippen LogP contribution in [0, 0.1) is 23.2 Å². The van der Waals surface area contributed by atoms with Crippen molar-refractivity contribution in [1.29, 1.82) is 0 Å². The van der Waals surface area contributed by atoms with E-state index in [1.54, 1.807) is 0 Å². The number of nitrogens with one attached hydrogen (secondary N) is 1. The normalized spacial score (nSPS) is 41.7. The highest BCUT2D eigenvalue weighted by molar-refractivity contribution is 5.82. The summed E-state index contributed by atoms with van der Waals surface area (Å²) in [6.45, 7) is 6.43. The predicted molar refractivity (Wildman–Crippen MR) is 79.7 cm³/mol. The summed E-state index contributed by atoms with van der Waals surface area (Å²) in [4.78, 5) is 4.78. The van der Waals surface area contributed by atoms with E-state index in [1.165, 1.54) is 38.5 Å². The Hall–Kier alpha value is -0.570. The Labute approximate surface area is 117 Å². The second kappa shape index (κ2) is 4.47. The number of rotatable bonds is 2. The first-order valence-electron chi connectivity index (χ1n) is 7.93. The van der Waals surface area contributed by atoms with Crippen LogP contribution in [0.15, 0.2) is 4.99 Å². The fourth-order valence-corrected chi connectivity index (χ4v) is 5.39. The van der Waals surface area contributed by atoms with Crippen LogP contribution < -0.4 is 11.3 Å². The largest absolute Gasteiger partial charge is 0.312 e. The van der Waals surface area contributed by atoms with Gasteiger partial charge in [-0.15, -0.1) is 0 Å². The van der Waals surface area contributed by atoms with Crippen LogP contribution in [0.1, 0.15) is 65.7 Å². The molecule has 4 fully saturated rings. The Balaban J connectivity index is 1.77. The fraction of sp³-hybridized carbons (Fsp3) is 0.938. The van der Waals surface area contributed by atoms with E-state index in [4.69, 9.17) is 10.8 Å². The molecule has 108 valence electrons. The first-order valence-corrected chi connectivity index (χ1v) is 7.93. The Morgan fingerprint density at radius 2 is 1.58 bits per heavy atom. The van der Waals surface area contributed by atoms with Gasteiger partial charge in [-0.05, 0) is 82.5 Å². The number of aliphatic imine (C=N–C) groups is 1. The average Bonchev–Trinajstić information content (AvgIpc) is 2.23. The summed E-state index contributed by atoms with van der Waals surface area (Å²) in [5.41, 5.74) is 3.36. The highest BCUT2D eigenvalue weighted by Crippen LogP contribution is 2.61. The summed E-state index contributed by atoms with van der Waals surface area (Å²) in [7, 11) is 0. The van der Waals surface area contributed by atoms with Crippen molar-refractivity contribution >= 4 is 5.84 Å². The molecule has 3 N–H and O–H groups in total. The number of hydrazine groups is 1. The van der Waals surface area contributed by atoms with Crippen molar-refractivity contribution in [2.24, 2.45) is 34.0 Å². The highest BCUT2D eigenvalue weighted by atomic mass is 15.3. The number of nitrogens with zero attached hydrogens (tertiary/aromatic N) is 1. The number of hydrogen-bond acceptors (Lipinski definition) is 2. The van der Waals surface area contributed by atoms with Crippen molar-refractivity contribution in [2.75, 3.05) is 0 Å². The van der Waals surface area contributed by atoms with E-state index in [0.717, 1.165) is 30.0 Å². The molecular formula is C16H29N3. The minimum Gasteiger partial charge on any atom is -0.312 e. The molecule has 3 nitrogen and oxygen atoms in total. The lowest BCUT2D eigenvalue weighted by Crippen LogP contribution is -2.49. The summed E-state index contributed by atoms with van der Waals surface area (Å²) in [5, 5.41) is 0. The molecule has 19 heavy (non-hydrogen) atoms.